The quantitative estimate of drug-likeness (QED) is 0.921. The number of hydrogen-bond donors (Lipinski definition) is 1. The van der Waals surface area contributed by atoms with E-state index in [9.17, 15) is 0 Å². The predicted octanol–water partition coefficient (Wildman–Crippen LogP) is 2.28. The molecule has 0 saturated heterocycles. The van der Waals surface area contributed by atoms with Gasteiger partial charge < -0.3 is 5.32 Å². The molecule has 0 aliphatic heterocycles. The second-order valence-corrected chi connectivity index (χ2v) is 4.75. The van der Waals surface area contributed by atoms with Gasteiger partial charge in [0.05, 0.1) is 16.8 Å². The van der Waals surface area contributed by atoms with E-state index in [-0.39, 0.29) is 6.04 Å². The minimum absolute atomic E-state index is 0.157. The molecule has 0 fully saturated rings. The third-order valence-corrected chi connectivity index (χ3v) is 3.46. The highest BCUT2D eigenvalue weighted by molar-refractivity contribution is 6.31. The summed E-state index contributed by atoms with van der Waals surface area (Å²) in [5.41, 5.74) is 3.26. The molecule has 1 N–H and O–H groups in total. The van der Waals surface area contributed by atoms with Gasteiger partial charge in [-0.25, -0.2) is 0 Å². The molecular formula is C13H17ClN4. The Morgan fingerprint density at radius 2 is 2.28 bits per heavy atom. The van der Waals surface area contributed by atoms with Gasteiger partial charge in [0.15, 0.2) is 0 Å². The predicted molar refractivity (Wildman–Crippen MR) is 72.7 cm³/mol. The van der Waals surface area contributed by atoms with Gasteiger partial charge in [-0.15, -0.1) is 0 Å². The maximum absolute atomic E-state index is 6.13. The van der Waals surface area contributed by atoms with Crippen LogP contribution in [0.2, 0.25) is 5.02 Å². The smallest absolute Gasteiger partial charge is 0.0799 e. The van der Waals surface area contributed by atoms with E-state index in [1.165, 1.54) is 0 Å². The zero-order valence-corrected chi connectivity index (χ0v) is 11.6. The van der Waals surface area contributed by atoms with Crippen LogP contribution in [0.25, 0.3) is 0 Å². The van der Waals surface area contributed by atoms with Crippen molar-refractivity contribution in [2.45, 2.75) is 19.4 Å². The highest BCUT2D eigenvalue weighted by atomic mass is 35.5. The van der Waals surface area contributed by atoms with Gasteiger partial charge >= 0.3 is 0 Å². The van der Waals surface area contributed by atoms with E-state index in [0.717, 1.165) is 23.4 Å². The van der Waals surface area contributed by atoms with E-state index in [1.807, 2.05) is 31.8 Å². The summed E-state index contributed by atoms with van der Waals surface area (Å²) in [7, 11) is 3.88. The summed E-state index contributed by atoms with van der Waals surface area (Å²) in [6, 6.07) is 4.20. The van der Waals surface area contributed by atoms with Crippen molar-refractivity contribution >= 4 is 11.6 Å². The van der Waals surface area contributed by atoms with Gasteiger partial charge in [0.25, 0.3) is 0 Å². The number of likely N-dealkylation sites (N-methyl/N-ethyl adjacent to an activating group) is 1. The SMILES string of the molecule is CNC(Cc1ccncc1Cl)c1cc(C)n(C)n1. The fraction of sp³-hybridized carbons (Fsp3) is 0.385. The largest absolute Gasteiger partial charge is 0.311 e. The molecule has 0 saturated carbocycles. The lowest BCUT2D eigenvalue weighted by atomic mass is 10.0. The molecule has 0 aliphatic carbocycles. The van der Waals surface area contributed by atoms with Crippen molar-refractivity contribution < 1.29 is 0 Å². The Morgan fingerprint density at radius 3 is 2.83 bits per heavy atom. The highest BCUT2D eigenvalue weighted by Crippen LogP contribution is 2.22. The van der Waals surface area contributed by atoms with Gasteiger partial charge in [-0.05, 0) is 38.1 Å². The summed E-state index contributed by atoms with van der Waals surface area (Å²) in [5.74, 6) is 0. The molecule has 18 heavy (non-hydrogen) atoms. The van der Waals surface area contributed by atoms with Crippen LogP contribution >= 0.6 is 11.6 Å². The molecule has 0 bridgehead atoms. The molecule has 0 spiro atoms. The summed E-state index contributed by atoms with van der Waals surface area (Å²) < 4.78 is 1.88. The molecule has 2 heterocycles. The minimum atomic E-state index is 0.157. The Hall–Kier alpha value is -1.39. The third-order valence-electron chi connectivity index (χ3n) is 3.12. The number of rotatable bonds is 4. The Balaban J connectivity index is 2.22. The first kappa shape index (κ1) is 13.1. The first-order valence-electron chi connectivity index (χ1n) is 5.88. The number of nitrogens with one attached hydrogen (secondary N) is 1. The standard InChI is InChI=1S/C13H17ClN4/c1-9-6-13(17-18(9)3)12(15-2)7-10-4-5-16-8-11(10)14/h4-6,8,12,15H,7H2,1-3H3. The van der Waals surface area contributed by atoms with Crippen LogP contribution in [-0.2, 0) is 13.5 Å². The average molecular weight is 265 g/mol. The second kappa shape index (κ2) is 5.50. The van der Waals surface area contributed by atoms with Gasteiger partial charge in [0.1, 0.15) is 0 Å². The van der Waals surface area contributed by atoms with Crippen LogP contribution in [0.15, 0.2) is 24.5 Å². The number of aryl methyl sites for hydroxylation is 2. The highest BCUT2D eigenvalue weighted by Gasteiger charge is 2.15. The van der Waals surface area contributed by atoms with Gasteiger partial charge in [0.2, 0.25) is 0 Å². The Kier molecular flexibility index (Phi) is 3.99. The molecule has 5 heteroatoms. The van der Waals surface area contributed by atoms with E-state index >= 15 is 0 Å². The maximum atomic E-state index is 6.13. The Bertz CT molecular complexity index is 516. The van der Waals surface area contributed by atoms with Crippen molar-refractivity contribution in [3.8, 4) is 0 Å². The molecular weight excluding hydrogens is 248 g/mol. The summed E-state index contributed by atoms with van der Waals surface area (Å²) in [6.45, 7) is 2.04. The summed E-state index contributed by atoms with van der Waals surface area (Å²) in [6.07, 6.45) is 4.24. The van der Waals surface area contributed by atoms with Crippen molar-refractivity contribution in [2.75, 3.05) is 7.05 Å². The van der Waals surface area contributed by atoms with E-state index in [0.29, 0.717) is 5.02 Å². The fourth-order valence-corrected chi connectivity index (χ4v) is 2.10. The molecule has 0 aliphatic rings. The molecule has 2 aromatic heterocycles. The molecule has 96 valence electrons. The minimum Gasteiger partial charge on any atom is -0.311 e. The maximum Gasteiger partial charge on any atom is 0.0799 e. The van der Waals surface area contributed by atoms with Crippen molar-refractivity contribution in [1.82, 2.24) is 20.1 Å². The van der Waals surface area contributed by atoms with Gasteiger partial charge in [-0.2, -0.15) is 5.10 Å². The van der Waals surface area contributed by atoms with E-state index in [4.69, 9.17) is 11.6 Å². The molecule has 2 rings (SSSR count). The summed E-state index contributed by atoms with van der Waals surface area (Å²) in [5, 5.41) is 8.48. The number of pyridine rings is 1. The van der Waals surface area contributed by atoms with E-state index in [2.05, 4.69) is 21.5 Å². The molecule has 1 atom stereocenters. The van der Waals surface area contributed by atoms with Crippen LogP contribution in [0, 0.1) is 6.92 Å². The number of hydrogen-bond acceptors (Lipinski definition) is 3. The van der Waals surface area contributed by atoms with Crippen LogP contribution in [0.5, 0.6) is 0 Å². The topological polar surface area (TPSA) is 42.7 Å². The van der Waals surface area contributed by atoms with Crippen molar-refractivity contribution in [1.29, 1.82) is 0 Å². The van der Waals surface area contributed by atoms with Crippen LogP contribution in [0.3, 0.4) is 0 Å². The van der Waals surface area contributed by atoms with Gasteiger partial charge in [-0.3, -0.25) is 9.67 Å². The van der Waals surface area contributed by atoms with Crippen molar-refractivity contribution in [2.24, 2.45) is 7.05 Å². The lowest BCUT2D eigenvalue weighted by Gasteiger charge is -2.14. The van der Waals surface area contributed by atoms with Gasteiger partial charge in [0, 0.05) is 25.1 Å². The van der Waals surface area contributed by atoms with E-state index in [1.54, 1.807) is 12.4 Å². The molecule has 0 radical (unpaired) electrons. The zero-order chi connectivity index (χ0) is 13.1. The number of nitrogens with zero attached hydrogens (tertiary/aromatic N) is 3. The Morgan fingerprint density at radius 1 is 1.50 bits per heavy atom. The van der Waals surface area contributed by atoms with Crippen LogP contribution in [-0.4, -0.2) is 21.8 Å². The zero-order valence-electron chi connectivity index (χ0n) is 10.8. The Labute approximate surface area is 112 Å². The lowest BCUT2D eigenvalue weighted by Crippen LogP contribution is -2.19. The third kappa shape index (κ3) is 2.71. The van der Waals surface area contributed by atoms with Gasteiger partial charge in [-0.1, -0.05) is 11.6 Å². The number of halogens is 1. The van der Waals surface area contributed by atoms with Crippen LogP contribution in [0.4, 0.5) is 0 Å². The van der Waals surface area contributed by atoms with E-state index < -0.39 is 0 Å². The van der Waals surface area contributed by atoms with Crippen LogP contribution < -0.4 is 5.32 Å². The molecule has 4 nitrogen and oxygen atoms in total. The normalized spacial score (nSPS) is 12.7. The molecule has 2 aromatic rings. The summed E-state index contributed by atoms with van der Waals surface area (Å²) in [4.78, 5) is 4.00. The lowest BCUT2D eigenvalue weighted by molar-refractivity contribution is 0.562. The van der Waals surface area contributed by atoms with Crippen molar-refractivity contribution in [3.05, 3.63) is 46.5 Å². The molecule has 0 amide bonds. The molecule has 1 unspecified atom stereocenters. The monoisotopic (exact) mass is 264 g/mol. The molecule has 0 aromatic carbocycles. The first-order chi connectivity index (χ1) is 8.61. The average Bonchev–Trinajstić information content (AvgIpc) is 2.68. The van der Waals surface area contributed by atoms with Crippen LogP contribution in [0.1, 0.15) is 23.0 Å². The first-order valence-corrected chi connectivity index (χ1v) is 6.25. The fourth-order valence-electron chi connectivity index (χ4n) is 1.90. The van der Waals surface area contributed by atoms with Crippen molar-refractivity contribution in [3.63, 3.8) is 0 Å². The summed E-state index contributed by atoms with van der Waals surface area (Å²) >= 11 is 6.13. The number of aromatic nitrogens is 3. The second-order valence-electron chi connectivity index (χ2n) is 4.35.